The Bertz CT molecular complexity index is 1110. The van der Waals surface area contributed by atoms with Gasteiger partial charge in [-0.25, -0.2) is 0 Å². The first kappa shape index (κ1) is 21.7. The van der Waals surface area contributed by atoms with Gasteiger partial charge in [0.1, 0.15) is 5.75 Å². The second kappa shape index (κ2) is 9.41. The van der Waals surface area contributed by atoms with Crippen LogP contribution in [-0.2, 0) is 26.1 Å². The van der Waals surface area contributed by atoms with Crippen molar-refractivity contribution in [3.63, 3.8) is 0 Å². The van der Waals surface area contributed by atoms with Crippen molar-refractivity contribution in [2.24, 2.45) is 0 Å². The first-order chi connectivity index (χ1) is 16.1. The van der Waals surface area contributed by atoms with E-state index in [9.17, 15) is 9.90 Å². The molecule has 1 N–H and O–H groups in total. The number of carbonyl (C=O) groups excluding carboxylic acids is 1. The number of piperidine rings is 1. The fraction of sp³-hybridized carbons (Fsp3) is 0.440. The van der Waals surface area contributed by atoms with Gasteiger partial charge in [-0.15, -0.1) is 0 Å². The lowest BCUT2D eigenvalue weighted by Gasteiger charge is -2.31. The van der Waals surface area contributed by atoms with E-state index in [0.717, 1.165) is 60.5 Å². The first-order valence-corrected chi connectivity index (χ1v) is 11.5. The molecule has 0 aliphatic carbocycles. The summed E-state index contributed by atoms with van der Waals surface area (Å²) in [5, 5.41) is 14.9. The van der Waals surface area contributed by atoms with Crippen molar-refractivity contribution >= 4 is 5.91 Å². The third-order valence-electron chi connectivity index (χ3n) is 6.55. The minimum absolute atomic E-state index is 0.0837. The van der Waals surface area contributed by atoms with E-state index in [4.69, 9.17) is 14.3 Å². The van der Waals surface area contributed by atoms with Crippen LogP contribution in [0.4, 0.5) is 0 Å². The minimum atomic E-state index is -0.463. The average molecular weight is 451 g/mol. The first-order valence-electron chi connectivity index (χ1n) is 11.5. The van der Waals surface area contributed by atoms with Gasteiger partial charge in [-0.05, 0) is 36.6 Å². The van der Waals surface area contributed by atoms with Crippen LogP contribution >= 0.6 is 0 Å². The minimum Gasteiger partial charge on any atom is -0.497 e. The molecule has 33 heavy (non-hydrogen) atoms. The molecule has 2 aliphatic heterocycles. The van der Waals surface area contributed by atoms with Gasteiger partial charge >= 0.3 is 0 Å². The van der Waals surface area contributed by atoms with Crippen LogP contribution in [0.2, 0.25) is 0 Å². The van der Waals surface area contributed by atoms with E-state index in [0.29, 0.717) is 31.9 Å². The Hall–Kier alpha value is -3.10. The molecule has 1 fully saturated rings. The number of likely N-dealkylation sites (tertiary alicyclic amines) is 1. The maximum absolute atomic E-state index is 13.5. The summed E-state index contributed by atoms with van der Waals surface area (Å²) in [5.74, 6) is 0.720. The molecule has 1 aromatic carbocycles. The number of aliphatic hydroxyl groups excluding tert-OH is 1. The third kappa shape index (κ3) is 4.67. The molecule has 8 nitrogen and oxygen atoms in total. The highest BCUT2D eigenvalue weighted by Crippen LogP contribution is 2.27. The highest BCUT2D eigenvalue weighted by molar-refractivity contribution is 5.94. The van der Waals surface area contributed by atoms with Gasteiger partial charge in [0.15, 0.2) is 5.69 Å². The molecule has 4 heterocycles. The zero-order valence-corrected chi connectivity index (χ0v) is 18.9. The fourth-order valence-electron chi connectivity index (χ4n) is 4.86. The van der Waals surface area contributed by atoms with Gasteiger partial charge in [-0.3, -0.25) is 14.4 Å². The van der Waals surface area contributed by atoms with Crippen molar-refractivity contribution in [3.8, 4) is 5.75 Å². The Balaban J connectivity index is 1.45. The quantitative estimate of drug-likeness (QED) is 0.622. The zero-order chi connectivity index (χ0) is 22.8. The number of hydrogen-bond donors (Lipinski definition) is 1. The summed E-state index contributed by atoms with van der Waals surface area (Å²) in [4.78, 5) is 17.6. The number of β-amino-alcohol motifs (C(OH)–C–C–N with tert-alkyl or cyclic N) is 1. The normalized spacial score (nSPS) is 18.8. The van der Waals surface area contributed by atoms with E-state index >= 15 is 0 Å². The molecule has 3 aromatic rings. The molecule has 0 unspecified atom stereocenters. The van der Waals surface area contributed by atoms with E-state index in [1.165, 1.54) is 0 Å². The summed E-state index contributed by atoms with van der Waals surface area (Å²) >= 11 is 0. The topological polar surface area (TPSA) is 84.0 Å². The Labute approximate surface area is 193 Å². The largest absolute Gasteiger partial charge is 0.497 e. The number of hydrogen-bond acceptors (Lipinski definition) is 6. The number of benzene rings is 1. The highest BCUT2D eigenvalue weighted by atomic mass is 16.5. The number of rotatable bonds is 6. The lowest BCUT2D eigenvalue weighted by Crippen LogP contribution is -2.43. The van der Waals surface area contributed by atoms with Crippen LogP contribution in [0.15, 0.2) is 47.3 Å². The lowest BCUT2D eigenvalue weighted by molar-refractivity contribution is 0.0466. The number of carbonyl (C=O) groups is 1. The molecule has 1 saturated heterocycles. The summed E-state index contributed by atoms with van der Waals surface area (Å²) in [6.07, 6.45) is 5.36. The van der Waals surface area contributed by atoms with Crippen molar-refractivity contribution < 1.29 is 19.1 Å². The molecule has 1 atom stereocenters. The van der Waals surface area contributed by atoms with Crippen molar-refractivity contribution in [2.45, 2.75) is 45.0 Å². The van der Waals surface area contributed by atoms with Gasteiger partial charge in [0.2, 0.25) is 0 Å². The average Bonchev–Trinajstić information content (AvgIpc) is 3.47. The fourth-order valence-corrected chi connectivity index (χ4v) is 4.86. The SMILES string of the molecule is COc1cccc(Cn2nc(C(=O)N3CCC[C@H](O)C3)c3c2CCN(Cc2ccoc2)C3)c1. The van der Waals surface area contributed by atoms with Crippen molar-refractivity contribution in [3.05, 3.63) is 70.9 Å². The number of ether oxygens (including phenoxy) is 1. The molecular formula is C25H30N4O4. The number of fused-ring (bicyclic) bond motifs is 1. The van der Waals surface area contributed by atoms with Crippen molar-refractivity contribution in [2.75, 3.05) is 26.7 Å². The van der Waals surface area contributed by atoms with Crippen LogP contribution in [-0.4, -0.2) is 63.4 Å². The van der Waals surface area contributed by atoms with Gasteiger partial charge in [0.25, 0.3) is 5.91 Å². The Morgan fingerprint density at radius 3 is 2.94 bits per heavy atom. The van der Waals surface area contributed by atoms with Crippen LogP contribution in [0.3, 0.4) is 0 Å². The van der Waals surface area contributed by atoms with Gasteiger partial charge < -0.3 is 19.2 Å². The summed E-state index contributed by atoms with van der Waals surface area (Å²) in [6, 6.07) is 9.92. The summed E-state index contributed by atoms with van der Waals surface area (Å²) in [6.45, 7) is 3.93. The van der Waals surface area contributed by atoms with E-state index in [1.54, 1.807) is 24.5 Å². The zero-order valence-electron chi connectivity index (χ0n) is 18.9. The second-order valence-electron chi connectivity index (χ2n) is 8.92. The predicted octanol–water partition coefficient (Wildman–Crippen LogP) is 2.69. The Morgan fingerprint density at radius 1 is 1.24 bits per heavy atom. The lowest BCUT2D eigenvalue weighted by atomic mass is 10.0. The van der Waals surface area contributed by atoms with E-state index < -0.39 is 6.10 Å². The van der Waals surface area contributed by atoms with Crippen molar-refractivity contribution in [1.82, 2.24) is 19.6 Å². The molecule has 2 aliphatic rings. The summed E-state index contributed by atoms with van der Waals surface area (Å²) < 4.78 is 12.6. The molecule has 0 radical (unpaired) electrons. The van der Waals surface area contributed by atoms with E-state index in [1.807, 2.05) is 35.0 Å². The summed E-state index contributed by atoms with van der Waals surface area (Å²) in [5.41, 5.74) is 4.82. The predicted molar refractivity (Wildman–Crippen MR) is 122 cm³/mol. The number of amides is 1. The number of aromatic nitrogens is 2. The van der Waals surface area contributed by atoms with Crippen LogP contribution in [0.5, 0.6) is 5.75 Å². The molecule has 1 amide bonds. The van der Waals surface area contributed by atoms with E-state index in [-0.39, 0.29) is 5.91 Å². The number of methoxy groups -OCH3 is 1. The summed E-state index contributed by atoms with van der Waals surface area (Å²) in [7, 11) is 1.66. The van der Waals surface area contributed by atoms with Gasteiger partial charge in [-0.2, -0.15) is 5.10 Å². The van der Waals surface area contributed by atoms with Crippen LogP contribution < -0.4 is 4.74 Å². The standard InChI is InChI=1S/C25H30N4O4/c1-32-21-6-2-4-18(12-21)14-29-23-7-10-27(13-19-8-11-33-17-19)16-22(23)24(26-29)25(31)28-9-3-5-20(30)15-28/h2,4,6,8,11-12,17,20,30H,3,5,7,9-10,13-16H2,1H3/t20-/m0/s1. The molecule has 2 aromatic heterocycles. The van der Waals surface area contributed by atoms with Crippen LogP contribution in [0, 0.1) is 0 Å². The smallest absolute Gasteiger partial charge is 0.274 e. The molecule has 0 spiro atoms. The molecule has 5 rings (SSSR count). The van der Waals surface area contributed by atoms with Gasteiger partial charge in [0.05, 0.1) is 32.3 Å². The van der Waals surface area contributed by atoms with Crippen molar-refractivity contribution in [1.29, 1.82) is 0 Å². The molecule has 0 bridgehead atoms. The van der Waals surface area contributed by atoms with Crippen LogP contribution in [0.1, 0.15) is 45.7 Å². The third-order valence-corrected chi connectivity index (χ3v) is 6.55. The second-order valence-corrected chi connectivity index (χ2v) is 8.92. The highest BCUT2D eigenvalue weighted by Gasteiger charge is 2.32. The van der Waals surface area contributed by atoms with Gasteiger partial charge in [-0.1, -0.05) is 12.1 Å². The maximum Gasteiger partial charge on any atom is 0.274 e. The molecule has 0 saturated carbocycles. The molecule has 8 heteroatoms. The number of nitrogens with zero attached hydrogens (tertiary/aromatic N) is 4. The molecule has 174 valence electrons. The number of aliphatic hydroxyl groups is 1. The van der Waals surface area contributed by atoms with Gasteiger partial charge in [0, 0.05) is 56.0 Å². The Morgan fingerprint density at radius 2 is 2.15 bits per heavy atom. The van der Waals surface area contributed by atoms with Crippen LogP contribution in [0.25, 0.3) is 0 Å². The maximum atomic E-state index is 13.5. The Kier molecular flexibility index (Phi) is 6.20. The molecular weight excluding hydrogens is 420 g/mol. The monoisotopic (exact) mass is 450 g/mol. The van der Waals surface area contributed by atoms with E-state index in [2.05, 4.69) is 4.90 Å². The number of furan rings is 1.